The molecule has 1 aromatic rings. The molecule has 0 aliphatic carbocycles. The normalized spacial score (nSPS) is 13.7. The van der Waals surface area contributed by atoms with Crippen LogP contribution in [-0.4, -0.2) is 6.61 Å². The molecule has 4 heteroatoms. The number of halogens is 2. The summed E-state index contributed by atoms with van der Waals surface area (Å²) in [6.07, 6.45) is 0. The summed E-state index contributed by atoms with van der Waals surface area (Å²) in [6, 6.07) is 5.75. The lowest BCUT2D eigenvalue weighted by Crippen LogP contribution is -2.09. The van der Waals surface area contributed by atoms with Gasteiger partial charge in [-0.2, -0.15) is 0 Å². The Morgan fingerprint density at radius 2 is 2.31 bits per heavy atom. The van der Waals surface area contributed by atoms with E-state index in [-0.39, 0.29) is 6.04 Å². The summed E-state index contributed by atoms with van der Waals surface area (Å²) in [4.78, 5) is 0. The van der Waals surface area contributed by atoms with E-state index in [2.05, 4.69) is 15.9 Å². The second-order valence-electron chi connectivity index (χ2n) is 3.71. The zero-order valence-electron chi connectivity index (χ0n) is 9.34. The highest BCUT2D eigenvalue weighted by molar-refractivity contribution is 9.10. The van der Waals surface area contributed by atoms with Gasteiger partial charge in [-0.05, 0) is 37.6 Å². The van der Waals surface area contributed by atoms with Gasteiger partial charge in [0.1, 0.15) is 12.4 Å². The van der Waals surface area contributed by atoms with Crippen LogP contribution < -0.4 is 10.5 Å². The number of benzene rings is 1. The van der Waals surface area contributed by atoms with Crippen molar-refractivity contribution in [3.05, 3.63) is 39.3 Å². The molecule has 1 atom stereocenters. The maximum absolute atomic E-state index is 5.88. The van der Waals surface area contributed by atoms with E-state index in [0.717, 1.165) is 21.4 Å². The molecule has 1 aromatic carbocycles. The Balaban J connectivity index is 2.87. The van der Waals surface area contributed by atoms with Crippen LogP contribution in [0, 0.1) is 0 Å². The van der Waals surface area contributed by atoms with Crippen molar-refractivity contribution < 1.29 is 4.74 Å². The average molecular weight is 305 g/mol. The molecule has 0 heterocycles. The third-order valence-corrected chi connectivity index (χ3v) is 2.97. The fraction of sp³-hybridized carbons (Fsp3) is 0.333. The molecule has 0 fully saturated rings. The van der Waals surface area contributed by atoms with Gasteiger partial charge in [0.25, 0.3) is 0 Å². The number of ether oxygens (including phenoxy) is 1. The van der Waals surface area contributed by atoms with Gasteiger partial charge in [-0.1, -0.05) is 27.5 Å². The third kappa shape index (κ3) is 3.81. The number of rotatable bonds is 4. The lowest BCUT2D eigenvalue weighted by atomic mass is 10.1. The fourth-order valence-corrected chi connectivity index (χ4v) is 1.67. The van der Waals surface area contributed by atoms with Crippen molar-refractivity contribution in [1.82, 2.24) is 0 Å². The van der Waals surface area contributed by atoms with E-state index in [1.807, 2.05) is 32.0 Å². The van der Waals surface area contributed by atoms with Gasteiger partial charge in [0.2, 0.25) is 0 Å². The van der Waals surface area contributed by atoms with Crippen molar-refractivity contribution in [1.29, 1.82) is 0 Å². The first-order valence-corrected chi connectivity index (χ1v) is 6.21. The first kappa shape index (κ1) is 13.6. The topological polar surface area (TPSA) is 35.2 Å². The molecular weight excluding hydrogens is 289 g/mol. The van der Waals surface area contributed by atoms with Crippen molar-refractivity contribution in [2.24, 2.45) is 5.73 Å². The van der Waals surface area contributed by atoms with E-state index in [1.54, 1.807) is 0 Å². The van der Waals surface area contributed by atoms with Gasteiger partial charge in [-0.3, -0.25) is 0 Å². The first-order chi connectivity index (χ1) is 7.54. The molecule has 0 amide bonds. The van der Waals surface area contributed by atoms with Gasteiger partial charge in [0.05, 0.1) is 0 Å². The van der Waals surface area contributed by atoms with E-state index < -0.39 is 0 Å². The van der Waals surface area contributed by atoms with E-state index in [4.69, 9.17) is 22.1 Å². The van der Waals surface area contributed by atoms with Crippen LogP contribution in [0.5, 0.6) is 5.75 Å². The number of hydrogen-bond acceptors (Lipinski definition) is 2. The summed E-state index contributed by atoms with van der Waals surface area (Å²) in [5, 5.41) is 0. The second-order valence-corrected chi connectivity index (χ2v) is 4.85. The van der Waals surface area contributed by atoms with Crippen LogP contribution in [0.25, 0.3) is 0 Å². The molecule has 2 N–H and O–H groups in total. The van der Waals surface area contributed by atoms with Crippen molar-refractivity contribution >= 4 is 27.5 Å². The van der Waals surface area contributed by atoms with Crippen molar-refractivity contribution in [3.8, 4) is 5.75 Å². The van der Waals surface area contributed by atoms with Crippen LogP contribution in [0.4, 0.5) is 0 Å². The van der Waals surface area contributed by atoms with E-state index in [0.29, 0.717) is 6.61 Å². The van der Waals surface area contributed by atoms with Gasteiger partial charge in [0, 0.05) is 21.6 Å². The second kappa shape index (κ2) is 6.28. The molecule has 0 bridgehead atoms. The molecule has 0 saturated carbocycles. The van der Waals surface area contributed by atoms with Gasteiger partial charge < -0.3 is 10.5 Å². The summed E-state index contributed by atoms with van der Waals surface area (Å²) < 4.78 is 6.65. The molecule has 0 aliphatic heterocycles. The smallest absolute Gasteiger partial charge is 0.124 e. The van der Waals surface area contributed by atoms with Gasteiger partial charge >= 0.3 is 0 Å². The predicted octanol–water partition coefficient (Wildman–Crippen LogP) is 3.99. The zero-order chi connectivity index (χ0) is 12.1. The summed E-state index contributed by atoms with van der Waals surface area (Å²) in [5.41, 5.74) is 9.35. The first-order valence-electron chi connectivity index (χ1n) is 4.98. The Hall–Kier alpha value is -0.510. The minimum absolute atomic E-state index is 0.0622. The third-order valence-electron chi connectivity index (χ3n) is 2.10. The van der Waals surface area contributed by atoms with E-state index >= 15 is 0 Å². The van der Waals surface area contributed by atoms with Crippen LogP contribution in [0.15, 0.2) is 33.8 Å². The standard InChI is InChI=1S/C12H15BrClNO/c1-8(6-14)7-16-12-4-3-10(13)5-11(12)9(2)15/h3-6,9H,7,15H2,1-2H3/b8-6+/t9-/m0/s1. The summed E-state index contributed by atoms with van der Waals surface area (Å²) in [7, 11) is 0. The Labute approximate surface area is 110 Å². The summed E-state index contributed by atoms with van der Waals surface area (Å²) in [5.74, 6) is 0.802. The van der Waals surface area contributed by atoms with E-state index in [9.17, 15) is 0 Å². The molecule has 0 radical (unpaired) electrons. The Bertz CT molecular complexity index is 391. The monoisotopic (exact) mass is 303 g/mol. The molecule has 88 valence electrons. The molecule has 0 saturated heterocycles. The molecule has 0 aromatic heterocycles. The van der Waals surface area contributed by atoms with Crippen molar-refractivity contribution in [2.45, 2.75) is 19.9 Å². The molecule has 2 nitrogen and oxygen atoms in total. The SMILES string of the molecule is C/C(=C\Cl)COc1ccc(Br)cc1[C@H](C)N. The molecular formula is C12H15BrClNO. The Kier molecular flexibility index (Phi) is 5.32. The predicted molar refractivity (Wildman–Crippen MR) is 71.8 cm³/mol. The lowest BCUT2D eigenvalue weighted by molar-refractivity contribution is 0.346. The van der Waals surface area contributed by atoms with Crippen LogP contribution >= 0.6 is 27.5 Å². The van der Waals surface area contributed by atoms with Gasteiger partial charge in [-0.15, -0.1) is 0 Å². The average Bonchev–Trinajstić information content (AvgIpc) is 2.26. The largest absolute Gasteiger partial charge is 0.489 e. The minimum atomic E-state index is -0.0622. The van der Waals surface area contributed by atoms with Crippen LogP contribution in [-0.2, 0) is 0 Å². The van der Waals surface area contributed by atoms with Gasteiger partial charge in [0.15, 0.2) is 0 Å². The fourth-order valence-electron chi connectivity index (χ4n) is 1.23. The zero-order valence-corrected chi connectivity index (χ0v) is 11.7. The highest BCUT2D eigenvalue weighted by Gasteiger charge is 2.08. The summed E-state index contributed by atoms with van der Waals surface area (Å²) in [6.45, 7) is 4.32. The maximum atomic E-state index is 5.88. The van der Waals surface area contributed by atoms with Crippen molar-refractivity contribution in [3.63, 3.8) is 0 Å². The summed E-state index contributed by atoms with van der Waals surface area (Å²) >= 11 is 8.99. The lowest BCUT2D eigenvalue weighted by Gasteiger charge is -2.14. The van der Waals surface area contributed by atoms with Crippen LogP contribution in [0.2, 0.25) is 0 Å². The van der Waals surface area contributed by atoms with Crippen molar-refractivity contribution in [2.75, 3.05) is 6.61 Å². The highest BCUT2D eigenvalue weighted by atomic mass is 79.9. The molecule has 0 aliphatic rings. The maximum Gasteiger partial charge on any atom is 0.124 e. The molecule has 0 spiro atoms. The highest BCUT2D eigenvalue weighted by Crippen LogP contribution is 2.27. The van der Waals surface area contributed by atoms with Crippen LogP contribution in [0.1, 0.15) is 25.5 Å². The van der Waals surface area contributed by atoms with E-state index in [1.165, 1.54) is 5.54 Å². The number of hydrogen-bond donors (Lipinski definition) is 1. The van der Waals surface area contributed by atoms with Gasteiger partial charge in [-0.25, -0.2) is 0 Å². The molecule has 1 rings (SSSR count). The quantitative estimate of drug-likeness (QED) is 0.913. The molecule has 0 unspecified atom stereocenters. The number of nitrogens with two attached hydrogens (primary N) is 1. The minimum Gasteiger partial charge on any atom is -0.489 e. The Morgan fingerprint density at radius 1 is 1.62 bits per heavy atom. The molecule has 16 heavy (non-hydrogen) atoms. The Morgan fingerprint density at radius 3 is 2.88 bits per heavy atom. The van der Waals surface area contributed by atoms with Crippen LogP contribution in [0.3, 0.4) is 0 Å².